The van der Waals surface area contributed by atoms with Gasteiger partial charge < -0.3 is 9.57 Å². The summed E-state index contributed by atoms with van der Waals surface area (Å²) < 4.78 is 5.06. The molecular weight excluding hydrogens is 274 g/mol. The molecule has 6 heteroatoms. The fourth-order valence-electron chi connectivity index (χ4n) is 2.03. The molecule has 0 aliphatic carbocycles. The highest BCUT2D eigenvalue weighted by atomic mass is 16.7. The van der Waals surface area contributed by atoms with E-state index in [1.54, 1.807) is 7.11 Å². The minimum Gasteiger partial charge on any atom is -0.497 e. The fourth-order valence-corrected chi connectivity index (χ4v) is 2.03. The molecule has 0 aromatic heterocycles. The van der Waals surface area contributed by atoms with Crippen LogP contribution in [0.3, 0.4) is 0 Å². The number of rotatable bonds is 6. The predicted molar refractivity (Wildman–Crippen MR) is 73.1 cm³/mol. The molecule has 1 saturated heterocycles. The number of hydroxylamine groups is 2. The molecule has 1 aliphatic rings. The lowest BCUT2D eigenvalue weighted by Crippen LogP contribution is -2.31. The van der Waals surface area contributed by atoms with Crippen LogP contribution >= 0.6 is 0 Å². The Morgan fingerprint density at radius 2 is 1.76 bits per heavy atom. The van der Waals surface area contributed by atoms with Gasteiger partial charge in [0.05, 0.1) is 7.11 Å². The van der Waals surface area contributed by atoms with Crippen molar-refractivity contribution in [1.29, 1.82) is 0 Å². The highest BCUT2D eigenvalue weighted by molar-refractivity contribution is 6.01. The maximum absolute atomic E-state index is 11.6. The third-order valence-electron chi connectivity index (χ3n) is 3.20. The van der Waals surface area contributed by atoms with Crippen molar-refractivity contribution in [3.63, 3.8) is 0 Å². The van der Waals surface area contributed by atoms with Gasteiger partial charge >= 0.3 is 5.97 Å². The second-order valence-electron chi connectivity index (χ2n) is 4.75. The van der Waals surface area contributed by atoms with Crippen molar-refractivity contribution < 1.29 is 24.0 Å². The second-order valence-corrected chi connectivity index (χ2v) is 4.75. The number of carbonyl (C=O) groups is 3. The third-order valence-corrected chi connectivity index (χ3v) is 3.20. The molecule has 2 rings (SSSR count). The van der Waals surface area contributed by atoms with Crippen molar-refractivity contribution >= 4 is 17.8 Å². The van der Waals surface area contributed by atoms with Gasteiger partial charge in [0, 0.05) is 19.3 Å². The van der Waals surface area contributed by atoms with Crippen molar-refractivity contribution in [3.05, 3.63) is 29.8 Å². The van der Waals surface area contributed by atoms with Gasteiger partial charge in [-0.3, -0.25) is 9.59 Å². The van der Waals surface area contributed by atoms with E-state index in [1.165, 1.54) is 0 Å². The highest BCUT2D eigenvalue weighted by Crippen LogP contribution is 2.15. The lowest BCUT2D eigenvalue weighted by molar-refractivity contribution is -0.197. The first-order valence-corrected chi connectivity index (χ1v) is 6.79. The zero-order valence-electron chi connectivity index (χ0n) is 11.8. The van der Waals surface area contributed by atoms with Crippen molar-refractivity contribution in [3.8, 4) is 5.75 Å². The molecule has 2 amide bonds. The molecule has 1 aromatic carbocycles. The molecule has 0 bridgehead atoms. The van der Waals surface area contributed by atoms with Crippen LogP contribution in [-0.4, -0.2) is 30.0 Å². The van der Waals surface area contributed by atoms with E-state index in [0.717, 1.165) is 11.3 Å². The number of hydrogen-bond donors (Lipinski definition) is 0. The summed E-state index contributed by atoms with van der Waals surface area (Å²) in [4.78, 5) is 39.0. The van der Waals surface area contributed by atoms with Gasteiger partial charge in [0.25, 0.3) is 11.8 Å². The molecule has 6 nitrogen and oxygen atoms in total. The molecule has 0 spiro atoms. The van der Waals surface area contributed by atoms with E-state index in [2.05, 4.69) is 0 Å². The first kappa shape index (κ1) is 15.0. The Hall–Kier alpha value is -2.37. The number of benzene rings is 1. The van der Waals surface area contributed by atoms with E-state index in [-0.39, 0.29) is 19.3 Å². The first-order chi connectivity index (χ1) is 10.1. The third kappa shape index (κ3) is 4.05. The van der Waals surface area contributed by atoms with E-state index in [4.69, 9.17) is 9.57 Å². The fraction of sp³-hybridized carbons (Fsp3) is 0.400. The lowest BCUT2D eigenvalue weighted by atomic mass is 10.1. The van der Waals surface area contributed by atoms with Crippen LogP contribution in [0.4, 0.5) is 0 Å². The van der Waals surface area contributed by atoms with Crippen molar-refractivity contribution in [2.45, 2.75) is 32.1 Å². The number of nitrogens with zero attached hydrogens (tertiary/aromatic N) is 1. The molecular formula is C15H17NO5. The smallest absolute Gasteiger partial charge is 0.333 e. The quantitative estimate of drug-likeness (QED) is 0.745. The van der Waals surface area contributed by atoms with Gasteiger partial charge in [0.2, 0.25) is 0 Å². The van der Waals surface area contributed by atoms with E-state index < -0.39 is 17.8 Å². The standard InChI is InChI=1S/C15H17NO5/c1-20-12-7-5-11(6-8-12)3-2-4-15(19)21-16-13(17)9-10-14(16)18/h5-8H,2-4,9-10H2,1H3. The summed E-state index contributed by atoms with van der Waals surface area (Å²) in [5.74, 6) is -0.691. The Labute approximate surface area is 122 Å². The zero-order chi connectivity index (χ0) is 15.2. The summed E-state index contributed by atoms with van der Waals surface area (Å²) >= 11 is 0. The number of aryl methyl sites for hydroxylation is 1. The van der Waals surface area contributed by atoms with E-state index in [1.807, 2.05) is 24.3 Å². The van der Waals surface area contributed by atoms with Crippen molar-refractivity contribution in [2.75, 3.05) is 7.11 Å². The molecule has 0 radical (unpaired) electrons. The van der Waals surface area contributed by atoms with Crippen LogP contribution in [0.25, 0.3) is 0 Å². The topological polar surface area (TPSA) is 72.9 Å². The van der Waals surface area contributed by atoms with Crippen LogP contribution in [0.1, 0.15) is 31.2 Å². The van der Waals surface area contributed by atoms with Crippen LogP contribution in [-0.2, 0) is 25.6 Å². The molecule has 1 heterocycles. The SMILES string of the molecule is COc1ccc(CCCC(=O)ON2C(=O)CCC2=O)cc1. The van der Waals surface area contributed by atoms with Gasteiger partial charge in [-0.1, -0.05) is 12.1 Å². The summed E-state index contributed by atoms with van der Waals surface area (Å²) in [6, 6.07) is 7.57. The van der Waals surface area contributed by atoms with Gasteiger partial charge in [-0.15, -0.1) is 5.06 Å². The number of methoxy groups -OCH3 is 1. The van der Waals surface area contributed by atoms with Crippen LogP contribution < -0.4 is 4.74 Å². The van der Waals surface area contributed by atoms with Crippen LogP contribution in [0.15, 0.2) is 24.3 Å². The molecule has 21 heavy (non-hydrogen) atoms. The Balaban J connectivity index is 1.73. The number of carbonyl (C=O) groups excluding carboxylic acids is 3. The van der Waals surface area contributed by atoms with Gasteiger partial charge in [-0.05, 0) is 30.5 Å². The average Bonchev–Trinajstić information content (AvgIpc) is 2.80. The highest BCUT2D eigenvalue weighted by Gasteiger charge is 2.32. The average molecular weight is 291 g/mol. The first-order valence-electron chi connectivity index (χ1n) is 6.79. The van der Waals surface area contributed by atoms with Crippen LogP contribution in [0.2, 0.25) is 0 Å². The van der Waals surface area contributed by atoms with Gasteiger partial charge in [-0.2, -0.15) is 0 Å². The molecule has 1 fully saturated rings. The zero-order valence-corrected chi connectivity index (χ0v) is 11.8. The Kier molecular flexibility index (Phi) is 4.92. The summed E-state index contributed by atoms with van der Waals surface area (Å²) in [6.07, 6.45) is 1.67. The number of hydrogen-bond acceptors (Lipinski definition) is 5. The summed E-state index contributed by atoms with van der Waals surface area (Å²) in [5, 5.41) is 0.579. The van der Waals surface area contributed by atoms with E-state index in [9.17, 15) is 14.4 Å². The normalized spacial score (nSPS) is 14.4. The number of amides is 2. The molecule has 0 unspecified atom stereocenters. The minimum absolute atomic E-state index is 0.109. The molecule has 1 aromatic rings. The van der Waals surface area contributed by atoms with Gasteiger partial charge in [0.1, 0.15) is 5.75 Å². The van der Waals surface area contributed by atoms with E-state index in [0.29, 0.717) is 17.9 Å². The summed E-state index contributed by atoms with van der Waals surface area (Å²) in [7, 11) is 1.60. The molecule has 112 valence electrons. The number of ether oxygens (including phenoxy) is 1. The van der Waals surface area contributed by atoms with Crippen molar-refractivity contribution in [1.82, 2.24) is 5.06 Å². The van der Waals surface area contributed by atoms with Gasteiger partial charge in [0.15, 0.2) is 0 Å². The van der Waals surface area contributed by atoms with Crippen LogP contribution in [0.5, 0.6) is 5.75 Å². The predicted octanol–water partition coefficient (Wildman–Crippen LogP) is 1.63. The molecule has 1 aliphatic heterocycles. The molecule has 0 saturated carbocycles. The monoisotopic (exact) mass is 291 g/mol. The maximum Gasteiger partial charge on any atom is 0.333 e. The molecule has 0 atom stereocenters. The second kappa shape index (κ2) is 6.88. The summed E-state index contributed by atoms with van der Waals surface area (Å²) in [6.45, 7) is 0. The maximum atomic E-state index is 11.6. The van der Waals surface area contributed by atoms with Crippen molar-refractivity contribution in [2.24, 2.45) is 0 Å². The minimum atomic E-state index is -0.563. The Bertz CT molecular complexity index is 521. The molecule has 0 N–H and O–H groups in total. The summed E-state index contributed by atoms with van der Waals surface area (Å²) in [5.41, 5.74) is 1.08. The largest absolute Gasteiger partial charge is 0.497 e. The van der Waals surface area contributed by atoms with Crippen LogP contribution in [0, 0.1) is 0 Å². The van der Waals surface area contributed by atoms with E-state index >= 15 is 0 Å². The number of imide groups is 1. The Morgan fingerprint density at radius 3 is 2.33 bits per heavy atom. The lowest BCUT2D eigenvalue weighted by Gasteiger charge is -2.12. The Morgan fingerprint density at radius 1 is 1.14 bits per heavy atom. The van der Waals surface area contributed by atoms with Gasteiger partial charge in [-0.25, -0.2) is 4.79 Å².